The maximum atomic E-state index is 13.3. The molecular weight excluding hydrogens is 344 g/mol. The minimum atomic E-state index is -0.333. The summed E-state index contributed by atoms with van der Waals surface area (Å²) in [5, 5.41) is 0. The van der Waals surface area contributed by atoms with Gasteiger partial charge in [0.1, 0.15) is 11.5 Å². The highest BCUT2D eigenvalue weighted by molar-refractivity contribution is 6.22. The summed E-state index contributed by atoms with van der Waals surface area (Å²) < 4.78 is 10.6. The van der Waals surface area contributed by atoms with Gasteiger partial charge in [0.15, 0.2) is 0 Å². The van der Waals surface area contributed by atoms with Gasteiger partial charge in [0, 0.05) is 24.2 Å². The summed E-state index contributed by atoms with van der Waals surface area (Å²) in [6, 6.07) is 5.30. The number of ether oxygens (including phenoxy) is 2. The lowest BCUT2D eigenvalue weighted by molar-refractivity contribution is -0.124. The van der Waals surface area contributed by atoms with E-state index >= 15 is 0 Å². The van der Waals surface area contributed by atoms with Crippen LogP contribution in [0.4, 0.5) is 5.69 Å². The number of amides is 2. The van der Waals surface area contributed by atoms with Crippen LogP contribution < -0.4 is 14.4 Å². The summed E-state index contributed by atoms with van der Waals surface area (Å²) in [6.07, 6.45) is 7.56. The van der Waals surface area contributed by atoms with Crippen molar-refractivity contribution in [3.05, 3.63) is 18.2 Å². The number of fused-ring (bicyclic) bond motifs is 1. The van der Waals surface area contributed by atoms with E-state index in [4.69, 9.17) is 9.47 Å². The van der Waals surface area contributed by atoms with Gasteiger partial charge in [-0.05, 0) is 38.1 Å². The van der Waals surface area contributed by atoms with Crippen molar-refractivity contribution in [1.29, 1.82) is 0 Å². The third-order valence-electron chi connectivity index (χ3n) is 6.40. The summed E-state index contributed by atoms with van der Waals surface area (Å²) in [6.45, 7) is 0.917. The predicted octanol–water partition coefficient (Wildman–Crippen LogP) is 2.99. The summed E-state index contributed by atoms with van der Waals surface area (Å²) in [5.74, 6) is 1.57. The van der Waals surface area contributed by atoms with Crippen molar-refractivity contribution in [2.24, 2.45) is 5.92 Å². The fourth-order valence-corrected chi connectivity index (χ4v) is 5.12. The van der Waals surface area contributed by atoms with E-state index in [9.17, 15) is 9.59 Å². The van der Waals surface area contributed by atoms with Crippen LogP contribution >= 0.6 is 0 Å². The highest BCUT2D eigenvalue weighted by atomic mass is 16.5. The first kappa shape index (κ1) is 18.3. The Balaban J connectivity index is 1.60. The zero-order chi connectivity index (χ0) is 19.0. The molecule has 146 valence electrons. The summed E-state index contributed by atoms with van der Waals surface area (Å²) in [4.78, 5) is 29.7. The first-order valence-corrected chi connectivity index (χ1v) is 9.98. The Hall–Kier alpha value is -2.08. The first-order chi connectivity index (χ1) is 13.1. The number of benzene rings is 1. The van der Waals surface area contributed by atoms with Crippen LogP contribution in [0.15, 0.2) is 18.2 Å². The lowest BCUT2D eigenvalue weighted by atomic mass is 9.77. The number of rotatable bonds is 4. The molecule has 4 rings (SSSR count). The van der Waals surface area contributed by atoms with E-state index in [-0.39, 0.29) is 24.3 Å². The number of methoxy groups -OCH3 is 2. The van der Waals surface area contributed by atoms with Gasteiger partial charge in [0.25, 0.3) is 5.91 Å². The summed E-state index contributed by atoms with van der Waals surface area (Å²) in [7, 11) is 3.12. The molecule has 0 spiro atoms. The van der Waals surface area contributed by atoms with Crippen LogP contribution in [0.1, 0.15) is 44.9 Å². The number of piperidine rings is 1. The lowest BCUT2D eigenvalue weighted by Gasteiger charge is -2.46. The second kappa shape index (κ2) is 7.50. The van der Waals surface area contributed by atoms with Crippen molar-refractivity contribution < 1.29 is 19.1 Å². The van der Waals surface area contributed by atoms with Gasteiger partial charge in [-0.3, -0.25) is 14.5 Å². The van der Waals surface area contributed by atoms with Crippen LogP contribution in [0, 0.1) is 5.92 Å². The van der Waals surface area contributed by atoms with Crippen LogP contribution in [0.25, 0.3) is 0 Å². The predicted molar refractivity (Wildman–Crippen MR) is 102 cm³/mol. The number of carbonyl (C=O) groups is 2. The molecule has 2 saturated heterocycles. The minimum absolute atomic E-state index is 0.110. The molecule has 1 aromatic rings. The highest BCUT2D eigenvalue weighted by Gasteiger charge is 2.47. The Morgan fingerprint density at radius 1 is 0.926 bits per heavy atom. The SMILES string of the molecule is COc1cc(OC)cc(N2C(=O)C[C@H](N3CCC[C@@H]4CCCC[C@@H]43)C2=O)c1. The van der Waals surface area contributed by atoms with Crippen LogP contribution in [0.2, 0.25) is 0 Å². The van der Waals surface area contributed by atoms with Gasteiger partial charge < -0.3 is 9.47 Å². The molecule has 0 aromatic heterocycles. The first-order valence-electron chi connectivity index (χ1n) is 9.98. The van der Waals surface area contributed by atoms with Gasteiger partial charge in [-0.2, -0.15) is 0 Å². The topological polar surface area (TPSA) is 59.1 Å². The average Bonchev–Trinajstić information content (AvgIpc) is 3.00. The third-order valence-corrected chi connectivity index (χ3v) is 6.40. The van der Waals surface area contributed by atoms with Crippen molar-refractivity contribution in [2.75, 3.05) is 25.7 Å². The molecule has 2 amide bonds. The Labute approximate surface area is 160 Å². The number of nitrogens with zero attached hydrogens (tertiary/aromatic N) is 2. The van der Waals surface area contributed by atoms with Crippen molar-refractivity contribution in [2.45, 2.75) is 57.0 Å². The Bertz CT molecular complexity index is 711. The van der Waals surface area contributed by atoms with Crippen molar-refractivity contribution in [3.8, 4) is 11.5 Å². The third kappa shape index (κ3) is 3.31. The van der Waals surface area contributed by atoms with Crippen molar-refractivity contribution in [1.82, 2.24) is 4.90 Å². The molecule has 27 heavy (non-hydrogen) atoms. The molecule has 1 aromatic carbocycles. The van der Waals surface area contributed by atoms with Crippen LogP contribution in [0.3, 0.4) is 0 Å². The molecule has 2 aliphatic heterocycles. The second-order valence-electron chi connectivity index (χ2n) is 7.85. The fourth-order valence-electron chi connectivity index (χ4n) is 5.12. The molecule has 0 radical (unpaired) electrons. The van der Waals surface area contributed by atoms with Crippen molar-refractivity contribution >= 4 is 17.5 Å². The van der Waals surface area contributed by atoms with Gasteiger partial charge in [0.05, 0.1) is 32.4 Å². The average molecular weight is 372 g/mol. The number of imide groups is 1. The van der Waals surface area contributed by atoms with Crippen LogP contribution in [-0.4, -0.2) is 49.6 Å². The molecule has 2 heterocycles. The molecule has 3 atom stereocenters. The molecule has 0 N–H and O–H groups in total. The standard InChI is InChI=1S/C21H28N2O4/c1-26-16-10-15(11-17(12-16)27-2)23-20(24)13-19(21(23)25)22-9-5-7-14-6-3-4-8-18(14)22/h10-12,14,18-19H,3-9,13H2,1-2H3/t14-,18-,19-/m0/s1. The number of carbonyl (C=O) groups excluding carboxylic acids is 2. The molecule has 3 aliphatic rings. The van der Waals surface area contributed by atoms with Gasteiger partial charge in [-0.1, -0.05) is 12.8 Å². The van der Waals surface area contributed by atoms with Crippen LogP contribution in [0.5, 0.6) is 11.5 Å². The van der Waals surface area contributed by atoms with E-state index < -0.39 is 0 Å². The molecule has 1 aliphatic carbocycles. The number of hydrogen-bond donors (Lipinski definition) is 0. The summed E-state index contributed by atoms with van der Waals surface area (Å²) in [5.41, 5.74) is 0.529. The van der Waals surface area contributed by atoms with E-state index in [0.29, 0.717) is 29.1 Å². The zero-order valence-corrected chi connectivity index (χ0v) is 16.1. The molecule has 0 bridgehead atoms. The van der Waals surface area contributed by atoms with Gasteiger partial charge in [0.2, 0.25) is 5.91 Å². The maximum absolute atomic E-state index is 13.3. The maximum Gasteiger partial charge on any atom is 0.251 e. The molecule has 1 saturated carbocycles. The Kier molecular flexibility index (Phi) is 5.08. The van der Waals surface area contributed by atoms with Crippen molar-refractivity contribution in [3.63, 3.8) is 0 Å². The zero-order valence-electron chi connectivity index (χ0n) is 16.1. The molecule has 3 fully saturated rings. The summed E-state index contributed by atoms with van der Waals surface area (Å²) >= 11 is 0. The Morgan fingerprint density at radius 2 is 1.59 bits per heavy atom. The number of anilines is 1. The second-order valence-corrected chi connectivity index (χ2v) is 7.85. The van der Waals surface area contributed by atoms with E-state index in [2.05, 4.69) is 4.90 Å². The van der Waals surface area contributed by atoms with E-state index in [1.165, 1.54) is 30.6 Å². The smallest absolute Gasteiger partial charge is 0.251 e. The minimum Gasteiger partial charge on any atom is -0.497 e. The lowest BCUT2D eigenvalue weighted by Crippen LogP contribution is -2.54. The van der Waals surface area contributed by atoms with E-state index in [1.807, 2.05) is 0 Å². The van der Waals surface area contributed by atoms with Gasteiger partial charge >= 0.3 is 0 Å². The molecule has 6 heteroatoms. The van der Waals surface area contributed by atoms with Crippen LogP contribution in [-0.2, 0) is 9.59 Å². The molecule has 0 unspecified atom stereocenters. The molecule has 6 nitrogen and oxygen atoms in total. The molecular formula is C21H28N2O4. The Morgan fingerprint density at radius 3 is 2.30 bits per heavy atom. The monoisotopic (exact) mass is 372 g/mol. The highest BCUT2D eigenvalue weighted by Crippen LogP contribution is 2.39. The quantitative estimate of drug-likeness (QED) is 0.761. The van der Waals surface area contributed by atoms with Gasteiger partial charge in [-0.25, -0.2) is 4.90 Å². The van der Waals surface area contributed by atoms with Gasteiger partial charge in [-0.15, -0.1) is 0 Å². The number of hydrogen-bond acceptors (Lipinski definition) is 5. The largest absolute Gasteiger partial charge is 0.497 e. The van der Waals surface area contributed by atoms with E-state index in [1.54, 1.807) is 32.4 Å². The van der Waals surface area contributed by atoms with E-state index in [0.717, 1.165) is 19.4 Å². The fraction of sp³-hybridized carbons (Fsp3) is 0.619. The normalized spacial score (nSPS) is 29.0. The number of likely N-dealkylation sites (tertiary alicyclic amines) is 1.